The van der Waals surface area contributed by atoms with E-state index in [-0.39, 0.29) is 17.6 Å². The van der Waals surface area contributed by atoms with Gasteiger partial charge in [-0.2, -0.15) is 0 Å². The SMILES string of the molecule is C=CC(Cc1ccccc1)NC(=O)c1ccc([N+](=O)[O-])cc1. The lowest BCUT2D eigenvalue weighted by molar-refractivity contribution is -0.384. The fraction of sp³-hybridized carbons (Fsp3) is 0.118. The Balaban J connectivity index is 2.02. The van der Waals surface area contributed by atoms with Gasteiger partial charge >= 0.3 is 0 Å². The van der Waals surface area contributed by atoms with Crippen LogP contribution in [-0.2, 0) is 6.42 Å². The lowest BCUT2D eigenvalue weighted by atomic mass is 10.1. The van der Waals surface area contributed by atoms with Crippen molar-refractivity contribution in [3.8, 4) is 0 Å². The molecule has 5 heteroatoms. The highest BCUT2D eigenvalue weighted by Crippen LogP contribution is 2.12. The van der Waals surface area contributed by atoms with Gasteiger partial charge in [0.05, 0.1) is 11.0 Å². The van der Waals surface area contributed by atoms with Gasteiger partial charge in [0.2, 0.25) is 0 Å². The molecule has 0 radical (unpaired) electrons. The molecular formula is C17H16N2O3. The Morgan fingerprint density at radius 1 is 1.18 bits per heavy atom. The van der Waals surface area contributed by atoms with E-state index in [1.165, 1.54) is 24.3 Å². The molecule has 0 saturated carbocycles. The molecule has 0 aliphatic carbocycles. The van der Waals surface area contributed by atoms with Gasteiger partial charge in [-0.25, -0.2) is 0 Å². The first-order valence-corrected chi connectivity index (χ1v) is 6.82. The summed E-state index contributed by atoms with van der Waals surface area (Å²) in [5.74, 6) is -0.282. The fourth-order valence-electron chi connectivity index (χ4n) is 2.05. The number of nitrogens with one attached hydrogen (secondary N) is 1. The standard InChI is InChI=1S/C17H16N2O3/c1-2-15(12-13-6-4-3-5-7-13)18-17(20)14-8-10-16(11-9-14)19(21)22/h2-11,15H,1,12H2,(H,18,20). The number of benzene rings is 2. The quantitative estimate of drug-likeness (QED) is 0.505. The first-order valence-electron chi connectivity index (χ1n) is 6.82. The zero-order chi connectivity index (χ0) is 15.9. The molecule has 0 aliphatic rings. The molecule has 1 atom stereocenters. The van der Waals surface area contributed by atoms with Crippen LogP contribution in [0.2, 0.25) is 0 Å². The predicted molar refractivity (Wildman–Crippen MR) is 84.7 cm³/mol. The number of nitrogens with zero attached hydrogens (tertiary/aromatic N) is 1. The normalized spacial score (nSPS) is 11.5. The molecule has 0 saturated heterocycles. The maximum atomic E-state index is 12.2. The topological polar surface area (TPSA) is 72.2 Å². The van der Waals surface area contributed by atoms with Crippen LogP contribution in [-0.4, -0.2) is 16.9 Å². The van der Waals surface area contributed by atoms with E-state index in [2.05, 4.69) is 11.9 Å². The molecule has 2 aromatic carbocycles. The second-order valence-corrected chi connectivity index (χ2v) is 4.81. The number of non-ortho nitro benzene ring substituents is 1. The summed E-state index contributed by atoms with van der Waals surface area (Å²) in [6.07, 6.45) is 2.32. The minimum absolute atomic E-state index is 0.0406. The van der Waals surface area contributed by atoms with E-state index < -0.39 is 4.92 Å². The van der Waals surface area contributed by atoms with Crippen LogP contribution in [0, 0.1) is 10.1 Å². The Morgan fingerprint density at radius 2 is 1.82 bits per heavy atom. The van der Waals surface area contributed by atoms with Crippen molar-refractivity contribution in [2.45, 2.75) is 12.5 Å². The minimum atomic E-state index is -0.496. The molecule has 0 fully saturated rings. The molecule has 0 aromatic heterocycles. The lowest BCUT2D eigenvalue weighted by Gasteiger charge is -2.15. The van der Waals surface area contributed by atoms with Crippen LogP contribution in [0.25, 0.3) is 0 Å². The molecule has 2 rings (SSSR count). The minimum Gasteiger partial charge on any atom is -0.346 e. The zero-order valence-corrected chi connectivity index (χ0v) is 11.9. The van der Waals surface area contributed by atoms with Crippen LogP contribution in [0.3, 0.4) is 0 Å². The summed E-state index contributed by atoms with van der Waals surface area (Å²) < 4.78 is 0. The number of hydrogen-bond donors (Lipinski definition) is 1. The maximum Gasteiger partial charge on any atom is 0.269 e. The van der Waals surface area contributed by atoms with E-state index in [4.69, 9.17) is 0 Å². The lowest BCUT2D eigenvalue weighted by Crippen LogP contribution is -2.34. The summed E-state index contributed by atoms with van der Waals surface area (Å²) in [4.78, 5) is 22.3. The Morgan fingerprint density at radius 3 is 2.36 bits per heavy atom. The number of hydrogen-bond acceptors (Lipinski definition) is 3. The van der Waals surface area contributed by atoms with Gasteiger partial charge in [0.1, 0.15) is 0 Å². The predicted octanol–water partition coefficient (Wildman–Crippen LogP) is 3.12. The smallest absolute Gasteiger partial charge is 0.269 e. The van der Waals surface area contributed by atoms with Crippen LogP contribution in [0.4, 0.5) is 5.69 Å². The second-order valence-electron chi connectivity index (χ2n) is 4.81. The molecule has 1 N–H and O–H groups in total. The van der Waals surface area contributed by atoms with Crippen molar-refractivity contribution in [3.63, 3.8) is 0 Å². The average Bonchev–Trinajstić information content (AvgIpc) is 2.55. The molecule has 5 nitrogen and oxygen atoms in total. The molecule has 112 valence electrons. The van der Waals surface area contributed by atoms with Crippen molar-refractivity contribution in [1.29, 1.82) is 0 Å². The van der Waals surface area contributed by atoms with E-state index in [1.54, 1.807) is 6.08 Å². The highest BCUT2D eigenvalue weighted by Gasteiger charge is 2.13. The van der Waals surface area contributed by atoms with Crippen molar-refractivity contribution >= 4 is 11.6 Å². The van der Waals surface area contributed by atoms with Gasteiger partial charge in [-0.1, -0.05) is 36.4 Å². The number of nitro benzene ring substituents is 1. The number of rotatable bonds is 6. The Kier molecular flexibility index (Phi) is 5.03. The molecule has 0 bridgehead atoms. The van der Waals surface area contributed by atoms with E-state index in [1.807, 2.05) is 30.3 Å². The summed E-state index contributed by atoms with van der Waals surface area (Å²) in [5.41, 5.74) is 1.43. The van der Waals surface area contributed by atoms with Crippen molar-refractivity contribution in [2.75, 3.05) is 0 Å². The third-order valence-electron chi connectivity index (χ3n) is 3.24. The van der Waals surface area contributed by atoms with Gasteiger partial charge in [-0.15, -0.1) is 6.58 Å². The summed E-state index contributed by atoms with van der Waals surface area (Å²) in [6, 6.07) is 15.1. The molecule has 1 unspecified atom stereocenters. The van der Waals surface area contributed by atoms with E-state index in [9.17, 15) is 14.9 Å². The first kappa shape index (κ1) is 15.4. The number of carbonyl (C=O) groups excluding carboxylic acids is 1. The van der Waals surface area contributed by atoms with Gasteiger partial charge in [-0.3, -0.25) is 14.9 Å². The van der Waals surface area contributed by atoms with Crippen LogP contribution >= 0.6 is 0 Å². The summed E-state index contributed by atoms with van der Waals surface area (Å²) in [7, 11) is 0. The summed E-state index contributed by atoms with van der Waals surface area (Å²) in [6.45, 7) is 3.74. The number of amides is 1. The van der Waals surface area contributed by atoms with E-state index in [0.29, 0.717) is 12.0 Å². The van der Waals surface area contributed by atoms with Crippen LogP contribution in [0.1, 0.15) is 15.9 Å². The molecule has 0 heterocycles. The Bertz CT molecular complexity index is 666. The second kappa shape index (κ2) is 7.17. The number of nitro groups is 1. The van der Waals surface area contributed by atoms with Gasteiger partial charge in [0.15, 0.2) is 0 Å². The fourth-order valence-corrected chi connectivity index (χ4v) is 2.05. The van der Waals surface area contributed by atoms with Gasteiger partial charge in [0, 0.05) is 17.7 Å². The highest BCUT2D eigenvalue weighted by molar-refractivity contribution is 5.94. The molecule has 22 heavy (non-hydrogen) atoms. The monoisotopic (exact) mass is 296 g/mol. The maximum absolute atomic E-state index is 12.2. The summed E-state index contributed by atoms with van der Waals surface area (Å²) >= 11 is 0. The summed E-state index contributed by atoms with van der Waals surface area (Å²) in [5, 5.41) is 13.5. The van der Waals surface area contributed by atoms with Gasteiger partial charge < -0.3 is 5.32 Å². The highest BCUT2D eigenvalue weighted by atomic mass is 16.6. The van der Waals surface area contributed by atoms with Crippen LogP contribution in [0.5, 0.6) is 0 Å². The van der Waals surface area contributed by atoms with Crippen molar-refractivity contribution in [2.24, 2.45) is 0 Å². The van der Waals surface area contributed by atoms with Crippen LogP contribution < -0.4 is 5.32 Å². The van der Waals surface area contributed by atoms with Crippen LogP contribution in [0.15, 0.2) is 67.3 Å². The molecule has 0 spiro atoms. The third kappa shape index (κ3) is 4.02. The zero-order valence-electron chi connectivity index (χ0n) is 11.9. The molecule has 2 aromatic rings. The molecule has 1 amide bonds. The van der Waals surface area contributed by atoms with E-state index >= 15 is 0 Å². The third-order valence-corrected chi connectivity index (χ3v) is 3.24. The van der Waals surface area contributed by atoms with Gasteiger partial charge in [-0.05, 0) is 24.1 Å². The van der Waals surface area contributed by atoms with Crippen molar-refractivity contribution in [3.05, 3.63) is 88.5 Å². The average molecular weight is 296 g/mol. The largest absolute Gasteiger partial charge is 0.346 e. The Labute approximate surface area is 128 Å². The van der Waals surface area contributed by atoms with Gasteiger partial charge in [0.25, 0.3) is 11.6 Å². The first-order chi connectivity index (χ1) is 10.6. The number of carbonyl (C=O) groups is 1. The Hall–Kier alpha value is -2.95. The molecule has 0 aliphatic heterocycles. The van der Waals surface area contributed by atoms with E-state index in [0.717, 1.165) is 5.56 Å². The van der Waals surface area contributed by atoms with Crippen molar-refractivity contribution in [1.82, 2.24) is 5.32 Å². The molecular weight excluding hydrogens is 280 g/mol. The van der Waals surface area contributed by atoms with Crippen molar-refractivity contribution < 1.29 is 9.72 Å².